The fraction of sp³-hybridized carbons (Fsp3) is 0.207. The van der Waals surface area contributed by atoms with Crippen LogP contribution in [0.25, 0.3) is 22.4 Å². The van der Waals surface area contributed by atoms with Crippen molar-refractivity contribution in [1.82, 2.24) is 15.0 Å². The summed E-state index contributed by atoms with van der Waals surface area (Å²) < 4.78 is 20.4. The number of ether oxygens (including phenoxy) is 1. The molecule has 5 heterocycles. The van der Waals surface area contributed by atoms with Crippen LogP contribution in [0, 0.1) is 17.1 Å². The third-order valence-corrected chi connectivity index (χ3v) is 7.12. The summed E-state index contributed by atoms with van der Waals surface area (Å²) in [6.07, 6.45) is 5.51. The van der Waals surface area contributed by atoms with Crippen LogP contribution in [0.1, 0.15) is 27.9 Å². The number of nitrogens with two attached hydrogens (primary N) is 1. The molecule has 1 amide bonds. The lowest BCUT2D eigenvalue weighted by atomic mass is 10.0. The zero-order valence-electron chi connectivity index (χ0n) is 21.1. The molecule has 39 heavy (non-hydrogen) atoms. The molecule has 1 aromatic carbocycles. The van der Waals surface area contributed by atoms with Gasteiger partial charge in [0, 0.05) is 60.0 Å². The number of hydrogen-bond acceptors (Lipinski definition) is 8. The summed E-state index contributed by atoms with van der Waals surface area (Å²) >= 11 is 0. The van der Waals surface area contributed by atoms with Crippen LogP contribution >= 0.6 is 0 Å². The first-order valence-corrected chi connectivity index (χ1v) is 12.5. The summed E-state index contributed by atoms with van der Waals surface area (Å²) in [5, 5.41) is 9.37. The predicted molar refractivity (Wildman–Crippen MR) is 144 cm³/mol. The topological polar surface area (TPSA) is 121 Å². The van der Waals surface area contributed by atoms with Gasteiger partial charge in [0.2, 0.25) is 0 Å². The Kier molecular flexibility index (Phi) is 6.13. The molecule has 0 radical (unpaired) electrons. The van der Waals surface area contributed by atoms with Crippen molar-refractivity contribution in [1.29, 1.82) is 5.26 Å². The summed E-state index contributed by atoms with van der Waals surface area (Å²) in [5.74, 6) is 0.720. The maximum atomic E-state index is 15.0. The first-order chi connectivity index (χ1) is 19.0. The fourth-order valence-corrected chi connectivity index (χ4v) is 5.22. The van der Waals surface area contributed by atoms with Crippen LogP contribution in [0.15, 0.2) is 61.1 Å². The lowest BCUT2D eigenvalue weighted by molar-refractivity contribution is 0.0996. The van der Waals surface area contributed by atoms with Gasteiger partial charge in [0.1, 0.15) is 29.3 Å². The number of methoxy groups -OCH3 is 1. The lowest BCUT2D eigenvalue weighted by Crippen LogP contribution is -2.29. The second kappa shape index (κ2) is 9.78. The number of aromatic nitrogens is 3. The summed E-state index contributed by atoms with van der Waals surface area (Å²) in [7, 11) is 1.47. The summed E-state index contributed by atoms with van der Waals surface area (Å²) in [6, 6.07) is 13.8. The van der Waals surface area contributed by atoms with Crippen molar-refractivity contribution < 1.29 is 13.9 Å². The Morgan fingerprint density at radius 3 is 2.82 bits per heavy atom. The Morgan fingerprint density at radius 1 is 1.18 bits per heavy atom. The van der Waals surface area contributed by atoms with Crippen molar-refractivity contribution in [2.24, 2.45) is 5.73 Å². The van der Waals surface area contributed by atoms with E-state index in [2.05, 4.69) is 20.9 Å². The van der Waals surface area contributed by atoms with Crippen LogP contribution in [0.3, 0.4) is 0 Å². The molecule has 0 saturated carbocycles. The molecule has 6 rings (SSSR count). The number of anilines is 2. The van der Waals surface area contributed by atoms with E-state index in [-0.39, 0.29) is 24.1 Å². The van der Waals surface area contributed by atoms with Gasteiger partial charge in [-0.15, -0.1) is 0 Å². The fourth-order valence-electron chi connectivity index (χ4n) is 5.22. The Balaban J connectivity index is 1.43. The first-order valence-electron chi connectivity index (χ1n) is 12.5. The van der Waals surface area contributed by atoms with Gasteiger partial charge in [-0.25, -0.2) is 9.37 Å². The molecule has 4 aromatic rings. The van der Waals surface area contributed by atoms with E-state index >= 15 is 0 Å². The molecule has 0 aliphatic carbocycles. The van der Waals surface area contributed by atoms with Crippen LogP contribution in [0.2, 0.25) is 0 Å². The van der Waals surface area contributed by atoms with Gasteiger partial charge in [0.15, 0.2) is 0 Å². The molecule has 3 aromatic heterocycles. The summed E-state index contributed by atoms with van der Waals surface area (Å²) in [4.78, 5) is 30.8. The Hall–Kier alpha value is -4.88. The number of benzene rings is 1. The number of carbonyl (C=O) groups excluding carboxylic acids is 1. The van der Waals surface area contributed by atoms with Gasteiger partial charge in [0.05, 0.1) is 30.5 Å². The van der Waals surface area contributed by atoms with Crippen LogP contribution in [0.4, 0.5) is 16.0 Å². The minimum Gasteiger partial charge on any atom is -0.496 e. The number of pyridine rings is 3. The molecule has 2 N–H and O–H groups in total. The van der Waals surface area contributed by atoms with Crippen LogP contribution < -0.4 is 20.3 Å². The molecule has 1 atom stereocenters. The highest BCUT2D eigenvalue weighted by atomic mass is 19.1. The molecular weight excluding hydrogens is 497 g/mol. The van der Waals surface area contributed by atoms with Crippen LogP contribution in [-0.4, -0.2) is 47.1 Å². The Bertz CT molecular complexity index is 1650. The molecule has 0 spiro atoms. The molecular formula is C29H24FN7O2. The van der Waals surface area contributed by atoms with E-state index in [9.17, 15) is 14.4 Å². The number of halogens is 1. The lowest BCUT2D eigenvalue weighted by Gasteiger charge is -2.23. The van der Waals surface area contributed by atoms with E-state index in [0.29, 0.717) is 52.9 Å². The Morgan fingerprint density at radius 2 is 2.05 bits per heavy atom. The zero-order valence-corrected chi connectivity index (χ0v) is 21.1. The maximum Gasteiger partial charge on any atom is 0.260 e. The molecule has 10 heteroatoms. The van der Waals surface area contributed by atoms with Gasteiger partial charge in [-0.05, 0) is 42.8 Å². The number of nitriles is 1. The van der Waals surface area contributed by atoms with Crippen molar-refractivity contribution >= 4 is 17.5 Å². The van der Waals surface area contributed by atoms with Crippen molar-refractivity contribution in [2.75, 3.05) is 30.0 Å². The predicted octanol–water partition coefficient (Wildman–Crippen LogP) is 3.92. The second-order valence-corrected chi connectivity index (χ2v) is 9.50. The van der Waals surface area contributed by atoms with Crippen molar-refractivity contribution in [3.63, 3.8) is 0 Å². The van der Waals surface area contributed by atoms with Gasteiger partial charge in [0.25, 0.3) is 5.91 Å². The van der Waals surface area contributed by atoms with Crippen molar-refractivity contribution in [3.8, 4) is 34.2 Å². The number of hydrogen-bond donors (Lipinski definition) is 1. The number of amides is 1. The number of carbonyl (C=O) groups is 1. The standard InChI is InChI=1S/C29H24FN7O2/c1-39-24-4-2-3-23(30)26(24)27-22-16-37(29(38)21(22)7-9-34-27)25-6-5-20(18-11-17(12-31)13-33-14-18)28(35-25)36-10-8-19(32)15-36/h2-7,9,11,13-14,19H,8,10,15-16,32H2,1H3. The molecule has 1 unspecified atom stereocenters. The minimum atomic E-state index is -0.482. The molecule has 2 aliphatic rings. The Labute approximate surface area is 224 Å². The number of rotatable bonds is 5. The van der Waals surface area contributed by atoms with Gasteiger partial charge in [-0.3, -0.25) is 19.7 Å². The average molecular weight is 522 g/mol. The quantitative estimate of drug-likeness (QED) is 0.419. The van der Waals surface area contributed by atoms with E-state index in [1.807, 2.05) is 6.07 Å². The zero-order chi connectivity index (χ0) is 27.1. The van der Waals surface area contributed by atoms with E-state index < -0.39 is 5.82 Å². The van der Waals surface area contributed by atoms with Crippen molar-refractivity contribution in [3.05, 3.63) is 83.6 Å². The summed E-state index contributed by atoms with van der Waals surface area (Å²) in [5.41, 5.74) is 9.80. The van der Waals surface area contributed by atoms with Crippen molar-refractivity contribution in [2.45, 2.75) is 19.0 Å². The number of nitrogens with zero attached hydrogens (tertiary/aromatic N) is 6. The van der Waals surface area contributed by atoms with Crippen LogP contribution in [0.5, 0.6) is 5.75 Å². The number of fused-ring (bicyclic) bond motifs is 1. The highest BCUT2D eigenvalue weighted by molar-refractivity contribution is 6.11. The molecule has 2 aliphatic heterocycles. The SMILES string of the molecule is COc1cccc(F)c1-c1nccc2c1CN(c1ccc(-c3cncc(C#N)c3)c(N3CCC(N)C3)n1)C2=O. The van der Waals surface area contributed by atoms with Gasteiger partial charge in [-0.1, -0.05) is 6.07 Å². The normalized spacial score (nSPS) is 16.4. The van der Waals surface area contributed by atoms with Crippen LogP contribution in [-0.2, 0) is 6.54 Å². The van der Waals surface area contributed by atoms with E-state index in [1.165, 1.54) is 25.6 Å². The van der Waals surface area contributed by atoms with Gasteiger partial charge >= 0.3 is 0 Å². The smallest absolute Gasteiger partial charge is 0.260 e. The van der Waals surface area contributed by atoms with E-state index in [4.69, 9.17) is 15.5 Å². The average Bonchev–Trinajstić information content (AvgIpc) is 3.55. The molecule has 0 bridgehead atoms. The third kappa shape index (κ3) is 4.23. The van der Waals surface area contributed by atoms with E-state index in [0.717, 1.165) is 17.5 Å². The molecule has 9 nitrogen and oxygen atoms in total. The van der Waals surface area contributed by atoms with Gasteiger partial charge < -0.3 is 15.4 Å². The van der Waals surface area contributed by atoms with Gasteiger partial charge in [-0.2, -0.15) is 5.26 Å². The maximum absolute atomic E-state index is 15.0. The highest BCUT2D eigenvalue weighted by Gasteiger charge is 2.34. The van der Waals surface area contributed by atoms with E-state index in [1.54, 1.807) is 41.4 Å². The largest absolute Gasteiger partial charge is 0.496 e. The molecule has 1 fully saturated rings. The molecule has 1 saturated heterocycles. The monoisotopic (exact) mass is 521 g/mol. The highest BCUT2D eigenvalue weighted by Crippen LogP contribution is 2.40. The molecule has 194 valence electrons. The second-order valence-electron chi connectivity index (χ2n) is 9.50. The first kappa shape index (κ1) is 24.5. The third-order valence-electron chi connectivity index (χ3n) is 7.12. The summed E-state index contributed by atoms with van der Waals surface area (Å²) in [6.45, 7) is 1.50. The minimum absolute atomic E-state index is 0.00827.